The molecule has 0 aliphatic heterocycles. The van der Waals surface area contributed by atoms with E-state index in [0.29, 0.717) is 17.6 Å². The van der Waals surface area contributed by atoms with Crippen LogP contribution in [0.15, 0.2) is 35.5 Å². The number of carboxylic acids is 1. The third kappa shape index (κ3) is 3.25. The summed E-state index contributed by atoms with van der Waals surface area (Å²) in [6.45, 7) is 7.23. The first-order chi connectivity index (χ1) is 9.12. The minimum atomic E-state index is -1.24. The van der Waals surface area contributed by atoms with Crippen molar-refractivity contribution in [3.05, 3.63) is 35.5 Å². The second-order valence-electron chi connectivity index (χ2n) is 5.87. The Hall–Kier alpha value is -1.68. The number of hydrogen-bond donors (Lipinski definition) is 2. The van der Waals surface area contributed by atoms with Gasteiger partial charge in [-0.2, -0.15) is 0 Å². The lowest BCUT2D eigenvalue weighted by Crippen LogP contribution is -2.48. The number of carboxylic acid groups (broad SMARTS) is 1. The Morgan fingerprint density at radius 1 is 1.45 bits per heavy atom. The molecule has 4 nitrogen and oxygen atoms in total. The predicted octanol–water partition coefficient (Wildman–Crippen LogP) is 2.64. The van der Waals surface area contributed by atoms with E-state index in [2.05, 4.69) is 0 Å². The summed E-state index contributed by atoms with van der Waals surface area (Å²) in [7, 11) is 0. The zero-order valence-corrected chi connectivity index (χ0v) is 12.4. The van der Waals surface area contributed by atoms with Gasteiger partial charge in [-0.25, -0.2) is 4.79 Å². The summed E-state index contributed by atoms with van der Waals surface area (Å²) in [6, 6.07) is 0. The molecule has 4 heteroatoms. The molecule has 1 rings (SSSR count). The lowest BCUT2D eigenvalue weighted by Gasteiger charge is -2.44. The maximum absolute atomic E-state index is 11.6. The maximum Gasteiger partial charge on any atom is 0.328 e. The van der Waals surface area contributed by atoms with Gasteiger partial charge in [-0.15, -0.1) is 0 Å². The molecule has 0 fully saturated rings. The summed E-state index contributed by atoms with van der Waals surface area (Å²) < 4.78 is 0. The molecule has 1 aliphatic carbocycles. The molecule has 20 heavy (non-hydrogen) atoms. The second-order valence-corrected chi connectivity index (χ2v) is 5.87. The van der Waals surface area contributed by atoms with Crippen LogP contribution in [0.2, 0.25) is 0 Å². The monoisotopic (exact) mass is 278 g/mol. The SMILES string of the molecule is CCC(=C/C(=O)O)/C=C/C1(O)C(C)=CC(=O)CC1(C)C. The van der Waals surface area contributed by atoms with Crippen LogP contribution in [0.1, 0.15) is 40.5 Å². The van der Waals surface area contributed by atoms with Gasteiger partial charge in [0, 0.05) is 17.9 Å². The standard InChI is InChI=1S/C16H22O4/c1-5-12(9-14(18)19)6-7-16(20)11(2)8-13(17)10-15(16,3)4/h6-9,20H,5,10H2,1-4H3,(H,18,19)/b7-6+,12-9-. The molecule has 2 N–H and O–H groups in total. The first-order valence-electron chi connectivity index (χ1n) is 6.69. The third-order valence-corrected chi connectivity index (χ3v) is 3.88. The van der Waals surface area contributed by atoms with E-state index in [-0.39, 0.29) is 12.2 Å². The zero-order valence-electron chi connectivity index (χ0n) is 12.4. The van der Waals surface area contributed by atoms with E-state index in [1.807, 2.05) is 20.8 Å². The number of aliphatic hydroxyl groups is 1. The van der Waals surface area contributed by atoms with Crippen molar-refractivity contribution in [2.24, 2.45) is 5.41 Å². The topological polar surface area (TPSA) is 74.6 Å². The lowest BCUT2D eigenvalue weighted by atomic mass is 9.64. The fourth-order valence-corrected chi connectivity index (χ4v) is 2.52. The summed E-state index contributed by atoms with van der Waals surface area (Å²) in [4.78, 5) is 22.3. The molecule has 1 unspecified atom stereocenters. The first-order valence-corrected chi connectivity index (χ1v) is 6.69. The summed E-state index contributed by atoms with van der Waals surface area (Å²) in [6.07, 6.45) is 6.63. The quantitative estimate of drug-likeness (QED) is 0.612. The molecule has 0 heterocycles. The summed E-state index contributed by atoms with van der Waals surface area (Å²) in [5.74, 6) is -1.01. The molecule has 0 saturated heterocycles. The van der Waals surface area contributed by atoms with Crippen LogP contribution in [0.3, 0.4) is 0 Å². The van der Waals surface area contributed by atoms with E-state index in [1.165, 1.54) is 6.08 Å². The van der Waals surface area contributed by atoms with Crippen LogP contribution in [0.25, 0.3) is 0 Å². The van der Waals surface area contributed by atoms with E-state index in [1.54, 1.807) is 19.1 Å². The van der Waals surface area contributed by atoms with E-state index in [9.17, 15) is 14.7 Å². The van der Waals surface area contributed by atoms with Gasteiger partial charge in [-0.1, -0.05) is 26.8 Å². The number of carbonyl (C=O) groups is 2. The summed E-state index contributed by atoms with van der Waals surface area (Å²) in [5.41, 5.74) is -0.665. The molecule has 0 aromatic rings. The van der Waals surface area contributed by atoms with Gasteiger partial charge in [0.05, 0.1) is 0 Å². The molecular weight excluding hydrogens is 256 g/mol. The Bertz CT molecular complexity index is 509. The normalized spacial score (nSPS) is 26.8. The Morgan fingerprint density at radius 2 is 2.05 bits per heavy atom. The molecule has 1 atom stereocenters. The average Bonchev–Trinajstić information content (AvgIpc) is 2.30. The highest BCUT2D eigenvalue weighted by molar-refractivity contribution is 5.92. The van der Waals surface area contributed by atoms with Crippen LogP contribution in [0, 0.1) is 5.41 Å². The van der Waals surface area contributed by atoms with Gasteiger partial charge in [-0.3, -0.25) is 4.79 Å². The van der Waals surface area contributed by atoms with E-state index in [0.717, 1.165) is 6.08 Å². The van der Waals surface area contributed by atoms with Crippen LogP contribution in [-0.2, 0) is 9.59 Å². The highest BCUT2D eigenvalue weighted by atomic mass is 16.4. The summed E-state index contributed by atoms with van der Waals surface area (Å²) >= 11 is 0. The van der Waals surface area contributed by atoms with Gasteiger partial charge >= 0.3 is 5.97 Å². The van der Waals surface area contributed by atoms with Crippen molar-refractivity contribution in [3.8, 4) is 0 Å². The number of aliphatic carboxylic acids is 1. The molecule has 0 aromatic heterocycles. The van der Waals surface area contributed by atoms with Gasteiger partial charge in [0.15, 0.2) is 5.78 Å². The van der Waals surface area contributed by atoms with Gasteiger partial charge in [0.2, 0.25) is 0 Å². The highest BCUT2D eigenvalue weighted by Gasteiger charge is 2.46. The second kappa shape index (κ2) is 5.75. The van der Waals surface area contributed by atoms with E-state index in [4.69, 9.17) is 5.11 Å². The number of hydrogen-bond acceptors (Lipinski definition) is 3. The Balaban J connectivity index is 3.18. The Labute approximate surface area is 119 Å². The van der Waals surface area contributed by atoms with Crippen LogP contribution in [0.5, 0.6) is 0 Å². The van der Waals surface area contributed by atoms with Crippen LogP contribution >= 0.6 is 0 Å². The van der Waals surface area contributed by atoms with Crippen LogP contribution in [0.4, 0.5) is 0 Å². The molecule has 110 valence electrons. The van der Waals surface area contributed by atoms with Crippen LogP contribution in [-0.4, -0.2) is 27.6 Å². The van der Waals surface area contributed by atoms with Gasteiger partial charge in [0.25, 0.3) is 0 Å². The number of allylic oxidation sites excluding steroid dienone is 3. The summed E-state index contributed by atoms with van der Waals surface area (Å²) in [5, 5.41) is 19.7. The smallest absolute Gasteiger partial charge is 0.328 e. The molecule has 0 aromatic carbocycles. The van der Waals surface area contributed by atoms with Crippen molar-refractivity contribution in [1.29, 1.82) is 0 Å². The fourth-order valence-electron chi connectivity index (χ4n) is 2.52. The first kappa shape index (κ1) is 16.4. The van der Waals surface area contributed by atoms with Gasteiger partial charge < -0.3 is 10.2 Å². The minimum absolute atomic E-state index is 0.00219. The molecule has 0 amide bonds. The maximum atomic E-state index is 11.6. The van der Waals surface area contributed by atoms with Crippen LogP contribution < -0.4 is 0 Å². The van der Waals surface area contributed by atoms with Crippen molar-refractivity contribution in [3.63, 3.8) is 0 Å². The zero-order chi connectivity index (χ0) is 15.6. The van der Waals surface area contributed by atoms with Crippen molar-refractivity contribution in [1.82, 2.24) is 0 Å². The van der Waals surface area contributed by atoms with Crippen molar-refractivity contribution < 1.29 is 19.8 Å². The van der Waals surface area contributed by atoms with E-state index >= 15 is 0 Å². The minimum Gasteiger partial charge on any atom is -0.478 e. The van der Waals surface area contributed by atoms with Crippen molar-refractivity contribution in [2.75, 3.05) is 0 Å². The van der Waals surface area contributed by atoms with Gasteiger partial charge in [0.1, 0.15) is 5.60 Å². The molecular formula is C16H22O4. The predicted molar refractivity (Wildman–Crippen MR) is 77.3 cm³/mol. The van der Waals surface area contributed by atoms with E-state index < -0.39 is 17.0 Å². The largest absolute Gasteiger partial charge is 0.478 e. The average molecular weight is 278 g/mol. The van der Waals surface area contributed by atoms with Crippen molar-refractivity contribution in [2.45, 2.75) is 46.1 Å². The molecule has 0 saturated carbocycles. The molecule has 0 radical (unpaired) electrons. The Morgan fingerprint density at radius 3 is 2.50 bits per heavy atom. The third-order valence-electron chi connectivity index (χ3n) is 3.88. The number of rotatable bonds is 4. The number of carbonyl (C=O) groups excluding carboxylic acids is 1. The lowest BCUT2D eigenvalue weighted by molar-refractivity contribution is -0.131. The molecule has 0 spiro atoms. The Kier molecular flexibility index (Phi) is 4.71. The molecule has 1 aliphatic rings. The molecule has 0 bridgehead atoms. The fraction of sp³-hybridized carbons (Fsp3) is 0.500. The highest BCUT2D eigenvalue weighted by Crippen LogP contribution is 2.44. The number of ketones is 1. The van der Waals surface area contributed by atoms with Crippen molar-refractivity contribution >= 4 is 11.8 Å². The van der Waals surface area contributed by atoms with Gasteiger partial charge in [-0.05, 0) is 36.6 Å².